The van der Waals surface area contributed by atoms with Gasteiger partial charge < -0.3 is 5.32 Å². The van der Waals surface area contributed by atoms with Crippen LogP contribution in [0.15, 0.2) is 48.5 Å². The van der Waals surface area contributed by atoms with Crippen LogP contribution >= 0.6 is 22.6 Å². The van der Waals surface area contributed by atoms with Crippen molar-refractivity contribution in [1.82, 2.24) is 5.32 Å². The number of hydrogen-bond donors (Lipinski definition) is 1. The molecule has 0 spiro atoms. The second kappa shape index (κ2) is 7.95. The lowest BCUT2D eigenvalue weighted by Crippen LogP contribution is -2.23. The zero-order chi connectivity index (χ0) is 15.2. The fourth-order valence-corrected chi connectivity index (χ4v) is 3.39. The number of halogens is 1. The normalized spacial score (nSPS) is 12.6. The minimum atomic E-state index is 0.273. The van der Waals surface area contributed by atoms with Crippen LogP contribution in [0.3, 0.4) is 0 Å². The molecule has 0 heterocycles. The third-order valence-electron chi connectivity index (χ3n) is 3.55. The fraction of sp³-hybridized carbons (Fsp3) is 0.368. The van der Waals surface area contributed by atoms with Crippen molar-refractivity contribution in [2.45, 2.75) is 33.2 Å². The summed E-state index contributed by atoms with van der Waals surface area (Å²) in [5.41, 5.74) is 4.15. The van der Waals surface area contributed by atoms with Gasteiger partial charge in [-0.2, -0.15) is 0 Å². The van der Waals surface area contributed by atoms with Gasteiger partial charge in [0.05, 0.1) is 6.04 Å². The zero-order valence-corrected chi connectivity index (χ0v) is 15.2. The predicted octanol–water partition coefficient (Wildman–Crippen LogP) is 5.19. The lowest BCUT2D eigenvalue weighted by atomic mass is 9.94. The average Bonchev–Trinajstić information content (AvgIpc) is 2.45. The highest BCUT2D eigenvalue weighted by molar-refractivity contribution is 14.1. The summed E-state index contributed by atoms with van der Waals surface area (Å²) in [5.74, 6) is 0.690. The van der Waals surface area contributed by atoms with Crippen molar-refractivity contribution in [3.63, 3.8) is 0 Å². The fourth-order valence-electron chi connectivity index (χ4n) is 2.69. The highest BCUT2D eigenvalue weighted by atomic mass is 127. The molecule has 2 heteroatoms. The lowest BCUT2D eigenvalue weighted by molar-refractivity contribution is 0.621. The van der Waals surface area contributed by atoms with Crippen LogP contribution in [0.25, 0.3) is 0 Å². The smallest absolute Gasteiger partial charge is 0.0587 e. The molecule has 2 aromatic rings. The molecule has 0 radical (unpaired) electrons. The van der Waals surface area contributed by atoms with Crippen LogP contribution in [-0.4, -0.2) is 6.54 Å². The topological polar surface area (TPSA) is 12.0 Å². The van der Waals surface area contributed by atoms with E-state index in [1.807, 2.05) is 0 Å². The Hall–Kier alpha value is -0.870. The molecule has 112 valence electrons. The molecule has 0 amide bonds. The molecule has 1 atom stereocenters. The summed E-state index contributed by atoms with van der Waals surface area (Å²) in [5, 5.41) is 3.63. The van der Waals surface area contributed by atoms with E-state index in [0.717, 1.165) is 13.0 Å². The molecule has 0 saturated heterocycles. The Morgan fingerprint density at radius 3 is 2.48 bits per heavy atom. The van der Waals surface area contributed by atoms with Gasteiger partial charge in [-0.25, -0.2) is 0 Å². The molecule has 1 nitrogen and oxygen atoms in total. The summed E-state index contributed by atoms with van der Waals surface area (Å²) >= 11 is 2.43. The van der Waals surface area contributed by atoms with Crippen molar-refractivity contribution in [3.8, 4) is 0 Å². The number of rotatable bonds is 6. The standard InChI is InChI=1S/C19H24IN/c1-4-21-19(17-10-5-6-11-18(17)20)16-9-7-8-15(13-16)12-14(2)3/h5-11,13-14,19,21H,4,12H2,1-3H3. The number of nitrogens with one attached hydrogen (secondary N) is 1. The molecule has 1 unspecified atom stereocenters. The van der Waals surface area contributed by atoms with E-state index in [9.17, 15) is 0 Å². The quantitative estimate of drug-likeness (QED) is 0.667. The lowest BCUT2D eigenvalue weighted by Gasteiger charge is -2.21. The van der Waals surface area contributed by atoms with E-state index < -0.39 is 0 Å². The molecular weight excluding hydrogens is 369 g/mol. The highest BCUT2D eigenvalue weighted by Gasteiger charge is 2.15. The van der Waals surface area contributed by atoms with Crippen LogP contribution in [0, 0.1) is 9.49 Å². The third kappa shape index (κ3) is 4.55. The van der Waals surface area contributed by atoms with Gasteiger partial charge in [0, 0.05) is 3.57 Å². The van der Waals surface area contributed by atoms with E-state index in [1.165, 1.54) is 20.3 Å². The van der Waals surface area contributed by atoms with Crippen LogP contribution in [0.2, 0.25) is 0 Å². The van der Waals surface area contributed by atoms with Gasteiger partial charge in [-0.15, -0.1) is 0 Å². The van der Waals surface area contributed by atoms with Gasteiger partial charge in [-0.05, 0) is 64.2 Å². The Kier molecular flexibility index (Phi) is 6.24. The second-order valence-electron chi connectivity index (χ2n) is 5.86. The van der Waals surface area contributed by atoms with Crippen molar-refractivity contribution >= 4 is 22.6 Å². The monoisotopic (exact) mass is 393 g/mol. The maximum atomic E-state index is 3.63. The van der Waals surface area contributed by atoms with Crippen LogP contribution in [0.5, 0.6) is 0 Å². The van der Waals surface area contributed by atoms with Crippen LogP contribution in [0.1, 0.15) is 43.5 Å². The largest absolute Gasteiger partial charge is 0.306 e. The van der Waals surface area contributed by atoms with E-state index in [1.54, 1.807) is 0 Å². The minimum absolute atomic E-state index is 0.273. The molecule has 21 heavy (non-hydrogen) atoms. The van der Waals surface area contributed by atoms with Gasteiger partial charge >= 0.3 is 0 Å². The molecule has 2 rings (SSSR count). The van der Waals surface area contributed by atoms with Crippen LogP contribution in [-0.2, 0) is 6.42 Å². The zero-order valence-electron chi connectivity index (χ0n) is 13.1. The van der Waals surface area contributed by atoms with Gasteiger partial charge in [-0.1, -0.05) is 63.2 Å². The van der Waals surface area contributed by atoms with Gasteiger partial charge in [0.2, 0.25) is 0 Å². The maximum Gasteiger partial charge on any atom is 0.0587 e. The van der Waals surface area contributed by atoms with Crippen LogP contribution < -0.4 is 5.32 Å². The summed E-state index contributed by atoms with van der Waals surface area (Å²) < 4.78 is 1.32. The van der Waals surface area contributed by atoms with Crippen LogP contribution in [0.4, 0.5) is 0 Å². The van der Waals surface area contributed by atoms with E-state index in [2.05, 4.69) is 97.2 Å². The molecule has 0 aromatic heterocycles. The first kappa shape index (κ1) is 16.5. The maximum absolute atomic E-state index is 3.63. The summed E-state index contributed by atoms with van der Waals surface area (Å²) in [6, 6.07) is 17.9. The first-order chi connectivity index (χ1) is 10.1. The summed E-state index contributed by atoms with van der Waals surface area (Å²) in [6.45, 7) is 7.67. The van der Waals surface area contributed by atoms with Gasteiger partial charge in [0.1, 0.15) is 0 Å². The minimum Gasteiger partial charge on any atom is -0.306 e. The Balaban J connectivity index is 2.36. The number of hydrogen-bond acceptors (Lipinski definition) is 1. The summed E-state index contributed by atoms with van der Waals surface area (Å²) in [6.07, 6.45) is 1.14. The predicted molar refractivity (Wildman–Crippen MR) is 99.7 cm³/mol. The SMILES string of the molecule is CCNC(c1cccc(CC(C)C)c1)c1ccccc1I. The molecule has 1 N–H and O–H groups in total. The molecule has 0 bridgehead atoms. The van der Waals surface area contributed by atoms with Crippen molar-refractivity contribution < 1.29 is 0 Å². The van der Waals surface area contributed by atoms with Crippen molar-refractivity contribution in [2.24, 2.45) is 5.92 Å². The average molecular weight is 393 g/mol. The Labute approximate surface area is 142 Å². The molecule has 0 aliphatic heterocycles. The van der Waals surface area contributed by atoms with E-state index >= 15 is 0 Å². The highest BCUT2D eigenvalue weighted by Crippen LogP contribution is 2.27. The van der Waals surface area contributed by atoms with Crippen molar-refractivity contribution in [3.05, 3.63) is 68.8 Å². The summed E-state index contributed by atoms with van der Waals surface area (Å²) in [4.78, 5) is 0. The second-order valence-corrected chi connectivity index (χ2v) is 7.02. The molecule has 0 fully saturated rings. The summed E-state index contributed by atoms with van der Waals surface area (Å²) in [7, 11) is 0. The van der Waals surface area contributed by atoms with E-state index in [-0.39, 0.29) is 6.04 Å². The van der Waals surface area contributed by atoms with E-state index in [4.69, 9.17) is 0 Å². The Morgan fingerprint density at radius 2 is 1.81 bits per heavy atom. The Bertz CT molecular complexity index is 577. The molecule has 2 aromatic carbocycles. The van der Waals surface area contributed by atoms with E-state index in [0.29, 0.717) is 5.92 Å². The van der Waals surface area contributed by atoms with Gasteiger partial charge in [0.15, 0.2) is 0 Å². The Morgan fingerprint density at radius 1 is 1.05 bits per heavy atom. The van der Waals surface area contributed by atoms with Gasteiger partial charge in [0.25, 0.3) is 0 Å². The first-order valence-corrected chi connectivity index (χ1v) is 8.76. The van der Waals surface area contributed by atoms with Gasteiger partial charge in [-0.3, -0.25) is 0 Å². The van der Waals surface area contributed by atoms with Crippen molar-refractivity contribution in [1.29, 1.82) is 0 Å². The number of benzene rings is 2. The first-order valence-electron chi connectivity index (χ1n) is 7.68. The molecule has 0 aliphatic rings. The third-order valence-corrected chi connectivity index (χ3v) is 4.54. The molecule has 0 aliphatic carbocycles. The molecular formula is C19H24IN. The van der Waals surface area contributed by atoms with Crippen molar-refractivity contribution in [2.75, 3.05) is 6.54 Å². The molecule has 0 saturated carbocycles.